The molecule has 0 saturated carbocycles. The van der Waals surface area contributed by atoms with E-state index in [0.717, 1.165) is 25.7 Å². The van der Waals surface area contributed by atoms with Gasteiger partial charge in [-0.2, -0.15) is 0 Å². The highest BCUT2D eigenvalue weighted by atomic mass is 79.9. The van der Waals surface area contributed by atoms with Crippen LogP contribution in [0.5, 0.6) is 0 Å². The molecular weight excluding hydrogens is 420 g/mol. The van der Waals surface area contributed by atoms with Gasteiger partial charge in [0.2, 0.25) is 0 Å². The van der Waals surface area contributed by atoms with Gasteiger partial charge in [0.05, 0.1) is 16.3 Å². The molecule has 0 aliphatic rings. The Labute approximate surface area is 161 Å². The fourth-order valence-corrected chi connectivity index (χ4v) is 3.82. The van der Waals surface area contributed by atoms with E-state index in [9.17, 15) is 0 Å². The van der Waals surface area contributed by atoms with Crippen LogP contribution < -0.4 is 0 Å². The molecule has 0 aliphatic heterocycles. The molecule has 122 valence electrons. The minimum absolute atomic E-state index is 0.553. The number of hydrogen-bond donors (Lipinski definition) is 0. The van der Waals surface area contributed by atoms with E-state index in [0.29, 0.717) is 16.5 Å². The zero-order valence-corrected chi connectivity index (χ0v) is 15.9. The molecule has 0 amide bonds. The Kier molecular flexibility index (Phi) is 4.57. The van der Waals surface area contributed by atoms with E-state index in [1.54, 1.807) is 12.4 Å². The second-order valence-electron chi connectivity index (χ2n) is 5.13. The smallest absolute Gasteiger partial charge is 0.179 e. The molecule has 0 unspecified atom stereocenters. The van der Waals surface area contributed by atoms with Crippen molar-refractivity contribution in [2.24, 2.45) is 0 Å². The van der Waals surface area contributed by atoms with Crippen molar-refractivity contribution in [2.75, 3.05) is 0 Å². The summed E-state index contributed by atoms with van der Waals surface area (Å²) < 4.78 is 0.805. The maximum absolute atomic E-state index is 6.37. The first-order valence-electron chi connectivity index (χ1n) is 7.38. The number of benzene rings is 1. The third-order valence-corrected chi connectivity index (χ3v) is 5.33. The average Bonchev–Trinajstić information content (AvgIpc) is 3.09. The molecule has 3 heterocycles. The number of nitrogens with zero attached hydrogens (tertiary/aromatic N) is 4. The molecule has 0 radical (unpaired) electrons. The van der Waals surface area contributed by atoms with Crippen molar-refractivity contribution < 1.29 is 0 Å². The van der Waals surface area contributed by atoms with Gasteiger partial charge in [-0.15, -0.1) is 11.3 Å². The van der Waals surface area contributed by atoms with Crippen LogP contribution >= 0.6 is 38.9 Å². The van der Waals surface area contributed by atoms with E-state index in [1.165, 1.54) is 11.3 Å². The van der Waals surface area contributed by atoms with Gasteiger partial charge in [-0.3, -0.25) is 4.98 Å². The van der Waals surface area contributed by atoms with Crippen molar-refractivity contribution in [1.29, 1.82) is 0 Å². The van der Waals surface area contributed by atoms with Crippen LogP contribution in [0.2, 0.25) is 5.02 Å². The van der Waals surface area contributed by atoms with Crippen molar-refractivity contribution in [3.63, 3.8) is 0 Å². The standard InChI is InChI=1S/C18H10BrClN4S/c19-18-22-10-16(25-18)15-9-14(11-5-1-2-6-12(11)20)23-17(24-15)13-7-3-4-8-21-13/h1-10H. The topological polar surface area (TPSA) is 51.6 Å². The summed E-state index contributed by atoms with van der Waals surface area (Å²) in [6.45, 7) is 0. The lowest BCUT2D eigenvalue weighted by atomic mass is 10.1. The minimum atomic E-state index is 0.553. The molecular formula is C18H10BrClN4S. The monoisotopic (exact) mass is 428 g/mol. The van der Waals surface area contributed by atoms with Gasteiger partial charge in [0.1, 0.15) is 5.69 Å². The predicted molar refractivity (Wildman–Crippen MR) is 105 cm³/mol. The zero-order valence-electron chi connectivity index (χ0n) is 12.7. The molecule has 0 atom stereocenters. The van der Waals surface area contributed by atoms with E-state index in [1.807, 2.05) is 48.5 Å². The van der Waals surface area contributed by atoms with Crippen LogP contribution in [0, 0.1) is 0 Å². The summed E-state index contributed by atoms with van der Waals surface area (Å²) in [6.07, 6.45) is 3.51. The van der Waals surface area contributed by atoms with Crippen LogP contribution in [0.1, 0.15) is 0 Å². The fraction of sp³-hybridized carbons (Fsp3) is 0. The van der Waals surface area contributed by atoms with Gasteiger partial charge in [0, 0.05) is 23.0 Å². The highest BCUT2D eigenvalue weighted by molar-refractivity contribution is 9.11. The van der Waals surface area contributed by atoms with Crippen molar-refractivity contribution in [3.05, 3.63) is 69.9 Å². The van der Waals surface area contributed by atoms with Gasteiger partial charge in [0.25, 0.3) is 0 Å². The quantitative estimate of drug-likeness (QED) is 0.416. The Balaban J connectivity index is 1.94. The molecule has 4 rings (SSSR count). The molecule has 4 nitrogen and oxygen atoms in total. The van der Waals surface area contributed by atoms with Gasteiger partial charge in [-0.05, 0) is 40.2 Å². The lowest BCUT2D eigenvalue weighted by Gasteiger charge is -2.08. The van der Waals surface area contributed by atoms with Crippen molar-refractivity contribution in [2.45, 2.75) is 0 Å². The van der Waals surface area contributed by atoms with Gasteiger partial charge in [-0.1, -0.05) is 35.9 Å². The van der Waals surface area contributed by atoms with E-state index in [4.69, 9.17) is 11.6 Å². The average molecular weight is 430 g/mol. The van der Waals surface area contributed by atoms with Crippen LogP contribution in [-0.4, -0.2) is 19.9 Å². The molecule has 7 heteroatoms. The summed E-state index contributed by atoms with van der Waals surface area (Å²) in [5.41, 5.74) is 3.10. The van der Waals surface area contributed by atoms with Crippen molar-refractivity contribution in [3.8, 4) is 33.3 Å². The van der Waals surface area contributed by atoms with Crippen molar-refractivity contribution in [1.82, 2.24) is 19.9 Å². The van der Waals surface area contributed by atoms with Gasteiger partial charge in [-0.25, -0.2) is 15.0 Å². The lowest BCUT2D eigenvalue weighted by molar-refractivity contribution is 1.15. The van der Waals surface area contributed by atoms with Crippen LogP contribution in [0.25, 0.3) is 33.3 Å². The number of rotatable bonds is 3. The lowest BCUT2D eigenvalue weighted by Crippen LogP contribution is -1.96. The maximum Gasteiger partial charge on any atom is 0.179 e. The second kappa shape index (κ2) is 7.00. The Hall–Kier alpha value is -2.15. The van der Waals surface area contributed by atoms with Crippen LogP contribution in [0.4, 0.5) is 0 Å². The van der Waals surface area contributed by atoms with E-state index in [-0.39, 0.29) is 0 Å². The highest BCUT2D eigenvalue weighted by Gasteiger charge is 2.14. The Morgan fingerprint density at radius 3 is 2.40 bits per heavy atom. The number of pyridine rings is 1. The highest BCUT2D eigenvalue weighted by Crippen LogP contribution is 2.33. The molecule has 0 bridgehead atoms. The first kappa shape index (κ1) is 16.3. The molecule has 25 heavy (non-hydrogen) atoms. The van der Waals surface area contributed by atoms with Crippen LogP contribution in [0.15, 0.2) is 64.8 Å². The molecule has 0 N–H and O–H groups in total. The maximum atomic E-state index is 6.37. The third kappa shape index (κ3) is 3.46. The summed E-state index contributed by atoms with van der Waals surface area (Å²) in [7, 11) is 0. The fourth-order valence-electron chi connectivity index (χ4n) is 2.36. The van der Waals surface area contributed by atoms with Gasteiger partial charge in [0.15, 0.2) is 9.74 Å². The number of thiazole rings is 1. The number of halogens is 2. The Morgan fingerprint density at radius 2 is 1.68 bits per heavy atom. The number of aromatic nitrogens is 4. The first-order valence-corrected chi connectivity index (χ1v) is 9.36. The molecule has 1 aromatic carbocycles. The summed E-state index contributed by atoms with van der Waals surface area (Å²) in [4.78, 5) is 18.9. The first-order chi connectivity index (χ1) is 12.2. The van der Waals surface area contributed by atoms with E-state index < -0.39 is 0 Å². The molecule has 4 aromatic rings. The molecule has 0 fully saturated rings. The molecule has 0 saturated heterocycles. The molecule has 0 spiro atoms. The summed E-state index contributed by atoms with van der Waals surface area (Å²) in [5.74, 6) is 0.553. The zero-order chi connectivity index (χ0) is 17.2. The van der Waals surface area contributed by atoms with Gasteiger partial charge >= 0.3 is 0 Å². The van der Waals surface area contributed by atoms with Crippen LogP contribution in [-0.2, 0) is 0 Å². The minimum Gasteiger partial charge on any atom is -0.253 e. The number of hydrogen-bond acceptors (Lipinski definition) is 5. The molecule has 0 aliphatic carbocycles. The summed E-state index contributed by atoms with van der Waals surface area (Å²) >= 11 is 11.3. The SMILES string of the molecule is Clc1ccccc1-c1cc(-c2cnc(Br)s2)nc(-c2ccccn2)n1. The summed E-state index contributed by atoms with van der Waals surface area (Å²) in [6, 6.07) is 15.2. The molecule has 3 aromatic heterocycles. The Bertz CT molecular complexity index is 1040. The van der Waals surface area contributed by atoms with Crippen LogP contribution in [0.3, 0.4) is 0 Å². The normalized spacial score (nSPS) is 10.8. The van der Waals surface area contributed by atoms with E-state index in [2.05, 4.69) is 35.9 Å². The predicted octanol–water partition coefficient (Wildman–Crippen LogP) is 5.75. The van der Waals surface area contributed by atoms with Crippen molar-refractivity contribution >= 4 is 38.9 Å². The third-order valence-electron chi connectivity index (χ3n) is 3.50. The summed E-state index contributed by atoms with van der Waals surface area (Å²) in [5, 5.41) is 0.643. The van der Waals surface area contributed by atoms with E-state index >= 15 is 0 Å². The Morgan fingerprint density at radius 1 is 0.880 bits per heavy atom. The largest absolute Gasteiger partial charge is 0.253 e. The second-order valence-corrected chi connectivity index (χ2v) is 7.85. The van der Waals surface area contributed by atoms with Gasteiger partial charge < -0.3 is 0 Å².